The molecule has 1 aliphatic rings. The van der Waals surface area contributed by atoms with Gasteiger partial charge in [0, 0.05) is 15.5 Å². The standard InChI is InChI=1S/C11H13Br2N/c12-9-3-4-10(11(13)6-9)8-2-1-5-14-7-8/h3-4,6,8,14H,1-2,5,7H2. The number of rotatable bonds is 1. The summed E-state index contributed by atoms with van der Waals surface area (Å²) in [5.41, 5.74) is 1.43. The van der Waals surface area contributed by atoms with Gasteiger partial charge >= 0.3 is 0 Å². The second-order valence-electron chi connectivity index (χ2n) is 3.71. The van der Waals surface area contributed by atoms with Crippen molar-refractivity contribution in [1.29, 1.82) is 0 Å². The lowest BCUT2D eigenvalue weighted by molar-refractivity contribution is 0.460. The highest BCUT2D eigenvalue weighted by Crippen LogP contribution is 2.31. The molecule has 2 rings (SSSR count). The lowest BCUT2D eigenvalue weighted by atomic mass is 9.92. The van der Waals surface area contributed by atoms with Crippen LogP contribution in [0.5, 0.6) is 0 Å². The van der Waals surface area contributed by atoms with Crippen LogP contribution < -0.4 is 5.32 Å². The van der Waals surface area contributed by atoms with Crippen LogP contribution in [0.2, 0.25) is 0 Å². The summed E-state index contributed by atoms with van der Waals surface area (Å²) in [6, 6.07) is 6.46. The summed E-state index contributed by atoms with van der Waals surface area (Å²) in [4.78, 5) is 0. The van der Waals surface area contributed by atoms with E-state index in [2.05, 4.69) is 55.4 Å². The monoisotopic (exact) mass is 317 g/mol. The Hall–Kier alpha value is 0.140. The van der Waals surface area contributed by atoms with Gasteiger partial charge in [0.15, 0.2) is 0 Å². The molecule has 0 saturated carbocycles. The Morgan fingerprint density at radius 2 is 2.14 bits per heavy atom. The van der Waals surface area contributed by atoms with E-state index in [9.17, 15) is 0 Å². The molecule has 3 heteroatoms. The van der Waals surface area contributed by atoms with Crippen LogP contribution in [0.3, 0.4) is 0 Å². The highest BCUT2D eigenvalue weighted by atomic mass is 79.9. The van der Waals surface area contributed by atoms with E-state index >= 15 is 0 Å². The molecule has 76 valence electrons. The molecule has 1 fully saturated rings. The molecule has 0 aliphatic carbocycles. The minimum atomic E-state index is 0.672. The van der Waals surface area contributed by atoms with Crippen molar-refractivity contribution in [3.05, 3.63) is 32.7 Å². The van der Waals surface area contributed by atoms with Crippen molar-refractivity contribution in [1.82, 2.24) is 5.32 Å². The Kier molecular flexibility index (Phi) is 3.63. The smallest absolute Gasteiger partial charge is 0.0221 e. The minimum absolute atomic E-state index is 0.672. The zero-order valence-corrected chi connectivity index (χ0v) is 11.1. The Morgan fingerprint density at radius 1 is 1.29 bits per heavy atom. The van der Waals surface area contributed by atoms with Gasteiger partial charge in [-0.25, -0.2) is 0 Å². The van der Waals surface area contributed by atoms with Crippen LogP contribution in [0, 0.1) is 0 Å². The Bertz CT molecular complexity index is 319. The Balaban J connectivity index is 2.22. The van der Waals surface area contributed by atoms with Crippen LogP contribution in [-0.2, 0) is 0 Å². The molecule has 0 bridgehead atoms. The first-order valence-electron chi connectivity index (χ1n) is 4.93. The van der Waals surface area contributed by atoms with Gasteiger partial charge in [0.1, 0.15) is 0 Å². The molecule has 0 radical (unpaired) electrons. The van der Waals surface area contributed by atoms with Gasteiger partial charge in [0.2, 0.25) is 0 Å². The lowest BCUT2D eigenvalue weighted by Crippen LogP contribution is -2.28. The molecule has 1 heterocycles. The van der Waals surface area contributed by atoms with Gasteiger partial charge < -0.3 is 5.32 Å². The van der Waals surface area contributed by atoms with Crippen molar-refractivity contribution in [2.45, 2.75) is 18.8 Å². The van der Waals surface area contributed by atoms with E-state index in [1.165, 1.54) is 29.4 Å². The topological polar surface area (TPSA) is 12.0 Å². The second-order valence-corrected chi connectivity index (χ2v) is 5.48. The normalized spacial score (nSPS) is 22.3. The molecule has 0 amide bonds. The van der Waals surface area contributed by atoms with Crippen molar-refractivity contribution in [2.75, 3.05) is 13.1 Å². The summed E-state index contributed by atoms with van der Waals surface area (Å²) in [7, 11) is 0. The fraction of sp³-hybridized carbons (Fsp3) is 0.455. The van der Waals surface area contributed by atoms with E-state index in [1.807, 2.05) is 0 Å². The van der Waals surface area contributed by atoms with Crippen LogP contribution in [0.4, 0.5) is 0 Å². The minimum Gasteiger partial charge on any atom is -0.316 e. The summed E-state index contributed by atoms with van der Waals surface area (Å²) in [6.45, 7) is 2.28. The van der Waals surface area contributed by atoms with Crippen molar-refractivity contribution < 1.29 is 0 Å². The van der Waals surface area contributed by atoms with Gasteiger partial charge in [0.25, 0.3) is 0 Å². The number of nitrogens with one attached hydrogen (secondary N) is 1. The van der Waals surface area contributed by atoms with Crippen LogP contribution >= 0.6 is 31.9 Å². The van der Waals surface area contributed by atoms with Gasteiger partial charge in [-0.2, -0.15) is 0 Å². The molecule has 0 aromatic heterocycles. The van der Waals surface area contributed by atoms with Gasteiger partial charge in [-0.1, -0.05) is 37.9 Å². The first-order valence-corrected chi connectivity index (χ1v) is 6.51. The average Bonchev–Trinajstić information content (AvgIpc) is 2.19. The molecule has 1 nitrogen and oxygen atoms in total. The van der Waals surface area contributed by atoms with Crippen LogP contribution in [0.1, 0.15) is 24.3 Å². The maximum Gasteiger partial charge on any atom is 0.0221 e. The molecule has 1 unspecified atom stereocenters. The van der Waals surface area contributed by atoms with Gasteiger partial charge in [-0.3, -0.25) is 0 Å². The fourth-order valence-corrected chi connectivity index (χ4v) is 3.32. The number of benzene rings is 1. The maximum atomic E-state index is 3.62. The molecular formula is C11H13Br2N. The number of piperidine rings is 1. The molecule has 1 aromatic rings. The highest BCUT2D eigenvalue weighted by molar-refractivity contribution is 9.11. The first-order chi connectivity index (χ1) is 6.77. The zero-order valence-electron chi connectivity index (χ0n) is 7.89. The molecule has 1 aliphatic heterocycles. The molecular weight excluding hydrogens is 306 g/mol. The van der Waals surface area contributed by atoms with Crippen molar-refractivity contribution >= 4 is 31.9 Å². The third-order valence-corrected chi connectivity index (χ3v) is 3.88. The predicted molar refractivity (Wildman–Crippen MR) is 66.7 cm³/mol. The van der Waals surface area contributed by atoms with Gasteiger partial charge in [0.05, 0.1) is 0 Å². The molecule has 1 atom stereocenters. The fourth-order valence-electron chi connectivity index (χ4n) is 1.95. The van der Waals surface area contributed by atoms with E-state index < -0.39 is 0 Å². The first kappa shape index (κ1) is 10.7. The summed E-state index contributed by atoms with van der Waals surface area (Å²) in [6.07, 6.45) is 2.58. The lowest BCUT2D eigenvalue weighted by Gasteiger charge is -2.24. The quantitative estimate of drug-likeness (QED) is 0.833. The number of hydrogen-bond acceptors (Lipinski definition) is 1. The molecule has 14 heavy (non-hydrogen) atoms. The highest BCUT2D eigenvalue weighted by Gasteiger charge is 2.17. The van der Waals surface area contributed by atoms with Crippen LogP contribution in [0.25, 0.3) is 0 Å². The third kappa shape index (κ3) is 2.38. The molecule has 0 spiro atoms. The Morgan fingerprint density at radius 3 is 2.79 bits per heavy atom. The average molecular weight is 319 g/mol. The second kappa shape index (κ2) is 4.77. The number of halogens is 2. The zero-order chi connectivity index (χ0) is 9.97. The van der Waals surface area contributed by atoms with E-state index in [0.29, 0.717) is 5.92 Å². The van der Waals surface area contributed by atoms with Crippen molar-refractivity contribution in [3.8, 4) is 0 Å². The largest absolute Gasteiger partial charge is 0.316 e. The summed E-state index contributed by atoms with van der Waals surface area (Å²) in [5, 5.41) is 3.44. The van der Waals surface area contributed by atoms with E-state index in [1.54, 1.807) is 0 Å². The van der Waals surface area contributed by atoms with Gasteiger partial charge in [-0.05, 0) is 43.0 Å². The summed E-state index contributed by atoms with van der Waals surface area (Å²) >= 11 is 7.10. The third-order valence-electron chi connectivity index (χ3n) is 2.70. The van der Waals surface area contributed by atoms with Crippen LogP contribution in [0.15, 0.2) is 27.1 Å². The van der Waals surface area contributed by atoms with E-state index in [0.717, 1.165) is 11.0 Å². The summed E-state index contributed by atoms with van der Waals surface area (Å²) < 4.78 is 2.36. The molecule has 1 aromatic carbocycles. The van der Waals surface area contributed by atoms with E-state index in [4.69, 9.17) is 0 Å². The molecule has 1 N–H and O–H groups in total. The predicted octanol–water partition coefficient (Wildman–Crippen LogP) is 3.68. The van der Waals surface area contributed by atoms with E-state index in [-0.39, 0.29) is 0 Å². The Labute approximate surface area is 102 Å². The van der Waals surface area contributed by atoms with Gasteiger partial charge in [-0.15, -0.1) is 0 Å². The van der Waals surface area contributed by atoms with Crippen molar-refractivity contribution in [2.24, 2.45) is 0 Å². The SMILES string of the molecule is Brc1ccc(C2CCCNC2)c(Br)c1. The van der Waals surface area contributed by atoms with Crippen molar-refractivity contribution in [3.63, 3.8) is 0 Å². The van der Waals surface area contributed by atoms with Crippen LogP contribution in [-0.4, -0.2) is 13.1 Å². The maximum absolute atomic E-state index is 3.62. The molecule has 1 saturated heterocycles. The summed E-state index contributed by atoms with van der Waals surface area (Å²) in [5.74, 6) is 0.672. The number of hydrogen-bond donors (Lipinski definition) is 1.